The number of rotatable bonds is 62. The standard InChI is InChI=1S/2C33H66O4S.Ca/c2*1-3-5-7-9-11-13-14-15-16-17-18-19-20-21-23-25-27-29-31-33(32-37-38(34,35)36)30-28-26-24-22-12-10-8-6-4-2;/h2*29,31,33H,3-28,30,32H2,1-2H3,(H,34,35,36);/q;;+2/p-2/b2*31-29+;. The van der Waals surface area contributed by atoms with Crippen LogP contribution in [0.25, 0.3) is 0 Å². The smallest absolute Gasteiger partial charge is 0.726 e. The van der Waals surface area contributed by atoms with E-state index in [1.165, 1.54) is 308 Å². The molecule has 0 aromatic heterocycles. The molecule has 2 unspecified atom stereocenters. The van der Waals surface area contributed by atoms with Gasteiger partial charge in [0.25, 0.3) is 0 Å². The quantitative estimate of drug-likeness (QED) is 0.0193. The van der Waals surface area contributed by atoms with E-state index >= 15 is 0 Å². The average Bonchev–Trinajstić information content (AvgIpc) is 3.39. The molecule has 0 N–H and O–H groups in total. The second-order valence-corrected chi connectivity index (χ2v) is 25.3. The molecule has 0 rings (SSSR count). The van der Waals surface area contributed by atoms with Crippen LogP contribution in [0.5, 0.6) is 0 Å². The fourth-order valence-corrected chi connectivity index (χ4v) is 11.1. The summed E-state index contributed by atoms with van der Waals surface area (Å²) in [6.07, 6.45) is 79.1. The molecule has 2 atom stereocenters. The van der Waals surface area contributed by atoms with Gasteiger partial charge in [-0.15, -0.1) is 0 Å². The molecule has 0 radical (unpaired) electrons. The molecule has 0 heterocycles. The molecule has 0 fully saturated rings. The van der Waals surface area contributed by atoms with Gasteiger partial charge in [0.05, 0.1) is 13.2 Å². The van der Waals surface area contributed by atoms with Crippen LogP contribution >= 0.6 is 0 Å². The molecule has 0 aliphatic heterocycles. The predicted molar refractivity (Wildman–Crippen MR) is 334 cm³/mol. The molecule has 0 aromatic carbocycles. The van der Waals surface area contributed by atoms with Crippen molar-refractivity contribution in [3.05, 3.63) is 24.3 Å². The molecule has 0 amide bonds. The Hall–Kier alpha value is 0.480. The SMILES string of the molecule is CCCCCCCCCCCCCCCCCC/C=C/C(CCCCCCCCCCC)COS(=O)(=O)[O-].CCCCCCCCCCCCCCCCCC/C=C/C(CCCCCCCCCCC)COS(=O)(=O)[O-].[Ca+2]. The van der Waals surface area contributed by atoms with Crippen LogP contribution in [-0.4, -0.2) is 76.9 Å². The van der Waals surface area contributed by atoms with Gasteiger partial charge in [-0.05, 0) is 38.5 Å². The van der Waals surface area contributed by atoms with Crippen molar-refractivity contribution in [3.8, 4) is 0 Å². The molecule has 0 aliphatic carbocycles. The first-order valence-electron chi connectivity index (χ1n) is 33.5. The zero-order valence-electron chi connectivity index (χ0n) is 51.9. The number of unbranched alkanes of at least 4 members (excludes halogenated alkanes) is 48. The summed E-state index contributed by atoms with van der Waals surface area (Å²) < 4.78 is 74.5. The number of allylic oxidation sites excluding steroid dienone is 2. The van der Waals surface area contributed by atoms with Crippen LogP contribution in [0, 0.1) is 11.8 Å². The zero-order valence-corrected chi connectivity index (χ0v) is 55.7. The van der Waals surface area contributed by atoms with Gasteiger partial charge in [-0.2, -0.15) is 0 Å². The maximum absolute atomic E-state index is 10.9. The molecular weight excluding hydrogens is 1020 g/mol. The van der Waals surface area contributed by atoms with E-state index in [1.54, 1.807) is 0 Å². The molecule has 0 aliphatic rings. The first kappa shape index (κ1) is 81.7. The van der Waals surface area contributed by atoms with E-state index in [0.717, 1.165) is 38.5 Å². The van der Waals surface area contributed by atoms with E-state index in [0.29, 0.717) is 0 Å². The summed E-state index contributed by atoms with van der Waals surface area (Å²) in [4.78, 5) is 0. The third-order valence-corrected chi connectivity index (χ3v) is 16.3. The van der Waals surface area contributed by atoms with E-state index in [1.807, 2.05) is 0 Å². The second kappa shape index (κ2) is 67.3. The van der Waals surface area contributed by atoms with Crippen molar-refractivity contribution in [1.82, 2.24) is 0 Å². The Morgan fingerprint density at radius 1 is 0.286 bits per heavy atom. The van der Waals surface area contributed by atoms with Crippen LogP contribution in [0.4, 0.5) is 0 Å². The maximum atomic E-state index is 10.9. The van der Waals surface area contributed by atoms with E-state index in [2.05, 4.69) is 60.4 Å². The Balaban J connectivity index is -0.00000140. The van der Waals surface area contributed by atoms with Gasteiger partial charge in [-0.3, -0.25) is 8.37 Å². The summed E-state index contributed by atoms with van der Waals surface area (Å²) in [7, 11) is -9.23. The van der Waals surface area contributed by atoms with Crippen molar-refractivity contribution < 1.29 is 34.3 Å². The average molecular weight is 1160 g/mol. The Kier molecular flexibility index (Phi) is 71.4. The van der Waals surface area contributed by atoms with E-state index in [-0.39, 0.29) is 62.8 Å². The summed E-state index contributed by atoms with van der Waals surface area (Å²) in [5.41, 5.74) is 0. The molecule has 0 saturated heterocycles. The van der Waals surface area contributed by atoms with Crippen LogP contribution in [-0.2, 0) is 29.2 Å². The van der Waals surface area contributed by atoms with Gasteiger partial charge in [-0.1, -0.05) is 360 Å². The number of hydrogen-bond donors (Lipinski definition) is 0. The summed E-state index contributed by atoms with van der Waals surface area (Å²) in [5.74, 6) is 0.0358. The fraction of sp³-hybridized carbons (Fsp3) is 0.939. The summed E-state index contributed by atoms with van der Waals surface area (Å²) in [6, 6.07) is 0. The van der Waals surface area contributed by atoms with E-state index in [9.17, 15) is 25.9 Å². The van der Waals surface area contributed by atoms with Crippen molar-refractivity contribution in [3.63, 3.8) is 0 Å². The fourth-order valence-electron chi connectivity index (χ4n) is 10.4. The molecular formula is C66H130CaO8S2. The van der Waals surface area contributed by atoms with Gasteiger partial charge in [0.1, 0.15) is 0 Å². The Labute approximate surface area is 512 Å². The van der Waals surface area contributed by atoms with Crippen LogP contribution in [0.2, 0.25) is 0 Å². The molecule has 0 saturated carbocycles. The van der Waals surface area contributed by atoms with Crippen LogP contribution in [0.15, 0.2) is 24.3 Å². The monoisotopic (exact) mass is 1150 g/mol. The van der Waals surface area contributed by atoms with Crippen LogP contribution in [0.1, 0.15) is 374 Å². The summed E-state index contributed by atoms with van der Waals surface area (Å²) in [5, 5.41) is 0. The molecule has 0 aromatic rings. The van der Waals surface area contributed by atoms with E-state index < -0.39 is 20.8 Å². The van der Waals surface area contributed by atoms with Crippen LogP contribution < -0.4 is 0 Å². The van der Waals surface area contributed by atoms with Gasteiger partial charge in [0.15, 0.2) is 0 Å². The molecule has 11 heteroatoms. The Bertz CT molecular complexity index is 1290. The third-order valence-electron chi connectivity index (χ3n) is 15.5. The van der Waals surface area contributed by atoms with E-state index in [4.69, 9.17) is 0 Å². The van der Waals surface area contributed by atoms with Gasteiger partial charge >= 0.3 is 37.7 Å². The predicted octanol–water partition coefficient (Wildman–Crippen LogP) is 22.0. The first-order chi connectivity index (χ1) is 37.0. The number of hydrogen-bond acceptors (Lipinski definition) is 8. The first-order valence-corrected chi connectivity index (χ1v) is 36.2. The molecule has 77 heavy (non-hydrogen) atoms. The Morgan fingerprint density at radius 2 is 0.455 bits per heavy atom. The van der Waals surface area contributed by atoms with Gasteiger partial charge in [-0.25, -0.2) is 16.8 Å². The van der Waals surface area contributed by atoms with Gasteiger partial charge < -0.3 is 9.11 Å². The van der Waals surface area contributed by atoms with Crippen molar-refractivity contribution in [2.75, 3.05) is 13.2 Å². The second-order valence-electron chi connectivity index (χ2n) is 23.2. The van der Waals surface area contributed by atoms with Gasteiger partial charge in [0, 0.05) is 11.8 Å². The van der Waals surface area contributed by atoms with Crippen LogP contribution in [0.3, 0.4) is 0 Å². The normalized spacial score (nSPS) is 12.9. The third kappa shape index (κ3) is 76.5. The van der Waals surface area contributed by atoms with Crippen molar-refractivity contribution in [2.45, 2.75) is 374 Å². The van der Waals surface area contributed by atoms with Crippen molar-refractivity contribution in [1.29, 1.82) is 0 Å². The minimum Gasteiger partial charge on any atom is -0.726 e. The van der Waals surface area contributed by atoms with Crippen molar-refractivity contribution in [2.24, 2.45) is 11.8 Å². The Morgan fingerprint density at radius 3 is 0.636 bits per heavy atom. The minimum atomic E-state index is -4.62. The summed E-state index contributed by atoms with van der Waals surface area (Å²) >= 11 is 0. The largest absolute Gasteiger partial charge is 2.00 e. The van der Waals surface area contributed by atoms with Gasteiger partial charge in [0.2, 0.25) is 20.8 Å². The summed E-state index contributed by atoms with van der Waals surface area (Å²) in [6.45, 7) is 9.02. The molecule has 456 valence electrons. The zero-order chi connectivity index (χ0) is 56.0. The minimum absolute atomic E-state index is 0. The molecule has 0 spiro atoms. The molecule has 8 nitrogen and oxygen atoms in total. The van der Waals surface area contributed by atoms with Crippen molar-refractivity contribution >= 4 is 58.5 Å². The topological polar surface area (TPSA) is 133 Å². The maximum Gasteiger partial charge on any atom is 2.00 e. The molecule has 0 bridgehead atoms.